The number of aromatic nitrogens is 3. The average molecular weight is 444 g/mol. The van der Waals surface area contributed by atoms with Crippen molar-refractivity contribution in [2.75, 3.05) is 5.32 Å². The van der Waals surface area contributed by atoms with Gasteiger partial charge in [0.15, 0.2) is 0 Å². The Balaban J connectivity index is 1.60. The summed E-state index contributed by atoms with van der Waals surface area (Å²) in [6.07, 6.45) is -3.41. The first kappa shape index (κ1) is 20.7. The zero-order valence-electron chi connectivity index (χ0n) is 16.1. The smallest absolute Gasteiger partial charge is 0.324 e. The number of hydrogen-bond acceptors (Lipinski definition) is 5. The van der Waals surface area contributed by atoms with Crippen LogP contribution in [0.1, 0.15) is 11.1 Å². The summed E-state index contributed by atoms with van der Waals surface area (Å²) in [4.78, 5) is 29.4. The second-order valence-corrected chi connectivity index (χ2v) is 7.62. The summed E-state index contributed by atoms with van der Waals surface area (Å²) in [5.41, 5.74) is 1.04. The Morgan fingerprint density at radius 2 is 1.84 bits per heavy atom. The van der Waals surface area contributed by atoms with Crippen LogP contribution in [-0.2, 0) is 17.5 Å². The van der Waals surface area contributed by atoms with Crippen molar-refractivity contribution in [1.29, 1.82) is 0 Å². The maximum Gasteiger partial charge on any atom is 0.418 e. The van der Waals surface area contributed by atoms with Crippen molar-refractivity contribution in [2.24, 2.45) is 0 Å². The zero-order chi connectivity index (χ0) is 22.2. The number of aryl methyl sites for hydroxylation is 1. The third-order valence-electron chi connectivity index (χ3n) is 4.59. The third kappa shape index (κ3) is 4.19. The van der Waals surface area contributed by atoms with Gasteiger partial charge >= 0.3 is 6.18 Å². The minimum atomic E-state index is -4.61. The molecule has 2 aromatic heterocycles. The molecule has 0 aliphatic rings. The molecule has 1 amide bonds. The van der Waals surface area contributed by atoms with Gasteiger partial charge in [-0.25, -0.2) is 4.98 Å². The fourth-order valence-corrected chi connectivity index (χ4v) is 3.86. The topological polar surface area (TPSA) is 76.9 Å². The monoisotopic (exact) mass is 444 g/mol. The molecule has 6 nitrogen and oxygen atoms in total. The molecule has 0 fully saturated rings. The molecule has 0 aliphatic carbocycles. The van der Waals surface area contributed by atoms with Crippen molar-refractivity contribution >= 4 is 33.3 Å². The SMILES string of the molecule is Cc1ccc(-c2nsc3c(=O)n(CC(=O)Nc4ccccc4C(F)(F)F)cnc23)cc1. The van der Waals surface area contributed by atoms with E-state index < -0.39 is 29.8 Å². The highest BCUT2D eigenvalue weighted by Gasteiger charge is 2.33. The lowest BCUT2D eigenvalue weighted by atomic mass is 10.1. The number of amides is 1. The van der Waals surface area contributed by atoms with Gasteiger partial charge < -0.3 is 5.32 Å². The Hall–Kier alpha value is -3.53. The number of fused-ring (bicyclic) bond motifs is 1. The van der Waals surface area contributed by atoms with Crippen molar-refractivity contribution in [1.82, 2.24) is 13.9 Å². The second kappa shape index (κ2) is 7.95. The summed E-state index contributed by atoms with van der Waals surface area (Å²) in [5.74, 6) is -0.775. The number of rotatable bonds is 4. The Morgan fingerprint density at radius 3 is 2.55 bits per heavy atom. The average Bonchev–Trinajstić information content (AvgIpc) is 3.15. The minimum Gasteiger partial charge on any atom is -0.324 e. The molecular formula is C21H15F3N4O2S. The van der Waals surface area contributed by atoms with E-state index in [4.69, 9.17) is 0 Å². The number of nitrogens with one attached hydrogen (secondary N) is 1. The van der Waals surface area contributed by atoms with E-state index in [1.807, 2.05) is 31.2 Å². The van der Waals surface area contributed by atoms with Crippen LogP contribution in [0.5, 0.6) is 0 Å². The molecule has 0 saturated heterocycles. The second-order valence-electron chi connectivity index (χ2n) is 6.84. The molecule has 0 unspecified atom stereocenters. The fourth-order valence-electron chi connectivity index (χ4n) is 3.05. The molecule has 0 radical (unpaired) electrons. The summed E-state index contributed by atoms with van der Waals surface area (Å²) in [6, 6.07) is 12.2. The third-order valence-corrected chi connectivity index (χ3v) is 5.42. The van der Waals surface area contributed by atoms with Crippen molar-refractivity contribution in [3.05, 3.63) is 76.3 Å². The van der Waals surface area contributed by atoms with Gasteiger partial charge in [0.25, 0.3) is 5.56 Å². The molecule has 0 saturated carbocycles. The van der Waals surface area contributed by atoms with Gasteiger partial charge in [0.1, 0.15) is 22.5 Å². The zero-order valence-corrected chi connectivity index (χ0v) is 16.9. The Morgan fingerprint density at radius 1 is 1.13 bits per heavy atom. The molecule has 2 aromatic carbocycles. The van der Waals surface area contributed by atoms with Crippen LogP contribution in [-0.4, -0.2) is 19.8 Å². The molecule has 0 spiro atoms. The van der Waals surface area contributed by atoms with Crippen LogP contribution in [0.15, 0.2) is 59.7 Å². The molecule has 1 N–H and O–H groups in total. The first-order chi connectivity index (χ1) is 14.7. The highest BCUT2D eigenvalue weighted by Crippen LogP contribution is 2.34. The first-order valence-electron chi connectivity index (χ1n) is 9.12. The van der Waals surface area contributed by atoms with E-state index in [1.54, 1.807) is 0 Å². The number of para-hydroxylation sites is 1. The highest BCUT2D eigenvalue weighted by atomic mass is 32.1. The summed E-state index contributed by atoms with van der Waals surface area (Å²) < 4.78 is 45.0. The van der Waals surface area contributed by atoms with E-state index in [-0.39, 0.29) is 10.4 Å². The normalized spacial score (nSPS) is 11.6. The predicted octanol–water partition coefficient (Wildman–Crippen LogP) is 4.49. The van der Waals surface area contributed by atoms with Crippen LogP contribution in [0, 0.1) is 6.92 Å². The highest BCUT2D eigenvalue weighted by molar-refractivity contribution is 7.13. The number of hydrogen-bond donors (Lipinski definition) is 1. The molecule has 10 heteroatoms. The Kier molecular flexibility index (Phi) is 5.32. The fraction of sp³-hybridized carbons (Fsp3) is 0.143. The number of halogens is 3. The van der Waals surface area contributed by atoms with Crippen molar-refractivity contribution < 1.29 is 18.0 Å². The lowest BCUT2D eigenvalue weighted by Gasteiger charge is -2.13. The van der Waals surface area contributed by atoms with Crippen molar-refractivity contribution in [3.63, 3.8) is 0 Å². The van der Waals surface area contributed by atoms with Gasteiger partial charge in [0.2, 0.25) is 5.91 Å². The van der Waals surface area contributed by atoms with E-state index in [0.717, 1.165) is 39.4 Å². The summed E-state index contributed by atoms with van der Waals surface area (Å²) in [7, 11) is 0. The number of carbonyl (C=O) groups excluding carboxylic acids is 1. The minimum absolute atomic E-state index is 0.265. The maximum atomic E-state index is 13.1. The van der Waals surface area contributed by atoms with E-state index >= 15 is 0 Å². The molecule has 4 aromatic rings. The van der Waals surface area contributed by atoms with E-state index in [2.05, 4.69) is 14.7 Å². The van der Waals surface area contributed by atoms with E-state index in [0.29, 0.717) is 11.2 Å². The predicted molar refractivity (Wildman–Crippen MR) is 112 cm³/mol. The number of anilines is 1. The van der Waals surface area contributed by atoms with Crippen LogP contribution in [0.3, 0.4) is 0 Å². The van der Waals surface area contributed by atoms with Gasteiger partial charge in [-0.1, -0.05) is 42.0 Å². The van der Waals surface area contributed by atoms with Crippen molar-refractivity contribution in [3.8, 4) is 11.3 Å². The van der Waals surface area contributed by atoms with Crippen LogP contribution in [0.2, 0.25) is 0 Å². The number of carbonyl (C=O) groups is 1. The molecular weight excluding hydrogens is 429 g/mol. The Bertz CT molecular complexity index is 1330. The first-order valence-corrected chi connectivity index (χ1v) is 9.89. The summed E-state index contributed by atoms with van der Waals surface area (Å²) >= 11 is 0.964. The largest absolute Gasteiger partial charge is 0.418 e. The maximum absolute atomic E-state index is 13.1. The number of alkyl halides is 3. The van der Waals surface area contributed by atoms with Crippen LogP contribution >= 0.6 is 11.5 Å². The molecule has 0 bridgehead atoms. The lowest BCUT2D eigenvalue weighted by Crippen LogP contribution is -2.28. The molecule has 4 rings (SSSR count). The molecule has 2 heterocycles. The van der Waals surface area contributed by atoms with E-state index in [1.165, 1.54) is 18.5 Å². The van der Waals surface area contributed by atoms with Gasteiger partial charge in [-0.2, -0.15) is 17.5 Å². The molecule has 158 valence electrons. The quantitative estimate of drug-likeness (QED) is 0.503. The molecule has 0 aliphatic heterocycles. The Labute approximate surface area is 178 Å². The summed E-state index contributed by atoms with van der Waals surface area (Å²) in [5, 5.41) is 2.22. The number of nitrogens with zero attached hydrogens (tertiary/aromatic N) is 3. The standard InChI is InChI=1S/C21H15F3N4O2S/c1-12-6-8-13(9-7-12)17-18-19(31-27-17)20(30)28(11-25-18)10-16(29)26-15-5-3-2-4-14(15)21(22,23)24/h2-9,11H,10H2,1H3,(H,26,29). The van der Waals surface area contributed by atoms with Gasteiger partial charge in [0.05, 0.1) is 17.6 Å². The number of benzene rings is 2. The van der Waals surface area contributed by atoms with Crippen LogP contribution < -0.4 is 10.9 Å². The van der Waals surface area contributed by atoms with Gasteiger partial charge in [-0.15, -0.1) is 0 Å². The van der Waals surface area contributed by atoms with E-state index in [9.17, 15) is 22.8 Å². The van der Waals surface area contributed by atoms with Gasteiger partial charge in [-0.05, 0) is 30.6 Å². The molecule has 31 heavy (non-hydrogen) atoms. The molecule has 0 atom stereocenters. The van der Waals surface area contributed by atoms with Crippen LogP contribution in [0.25, 0.3) is 21.5 Å². The van der Waals surface area contributed by atoms with Gasteiger partial charge in [-0.3, -0.25) is 14.2 Å². The van der Waals surface area contributed by atoms with Crippen LogP contribution in [0.4, 0.5) is 18.9 Å². The lowest BCUT2D eigenvalue weighted by molar-refractivity contribution is -0.137. The van der Waals surface area contributed by atoms with Gasteiger partial charge in [0, 0.05) is 5.56 Å². The summed E-state index contributed by atoms with van der Waals surface area (Å²) in [6.45, 7) is 1.48. The van der Waals surface area contributed by atoms with Crippen molar-refractivity contribution in [2.45, 2.75) is 19.6 Å².